The second-order valence-corrected chi connectivity index (χ2v) is 4.11. The molecule has 3 N–H and O–H groups in total. The Morgan fingerprint density at radius 2 is 2.06 bits per heavy atom. The molecular weight excluding hydrogens is 293 g/mol. The molecule has 1 aliphatic carbocycles. The van der Waals surface area contributed by atoms with Crippen LogP contribution >= 0.6 is 0 Å². The Hall–Kier alpha value is -0.736. The minimum Gasteiger partial charge on any atom is -0.508 e. The molecule has 0 saturated heterocycles. The largest absolute Gasteiger partial charge is 0.508 e. The van der Waals surface area contributed by atoms with Gasteiger partial charge < -0.3 is 5.11 Å². The zero-order valence-corrected chi connectivity index (χ0v) is 12.7. The van der Waals surface area contributed by atoms with Crippen molar-refractivity contribution in [1.29, 1.82) is 0 Å². The molecule has 0 fully saturated rings. The summed E-state index contributed by atoms with van der Waals surface area (Å²) in [7, 11) is 0. The van der Waals surface area contributed by atoms with Gasteiger partial charge >= 0.3 is 0 Å². The summed E-state index contributed by atoms with van der Waals surface area (Å²) in [5.74, 6) is 5.74. The summed E-state index contributed by atoms with van der Waals surface area (Å²) in [6, 6.07) is 0. The molecule has 0 spiro atoms. The van der Waals surface area contributed by atoms with E-state index in [-0.39, 0.29) is 44.3 Å². The molecule has 5 heteroatoms. The van der Waals surface area contributed by atoms with Crippen LogP contribution in [0.25, 0.3) is 5.76 Å². The van der Waals surface area contributed by atoms with Crippen molar-refractivity contribution in [3.63, 3.8) is 0 Å². The first-order valence-corrected chi connectivity index (χ1v) is 5.27. The molecule has 0 bridgehead atoms. The Kier molecular flexibility index (Phi) is 4.45. The summed E-state index contributed by atoms with van der Waals surface area (Å²) in [4.78, 5) is 11.5. The zero-order valence-electron chi connectivity index (χ0n) is 9.86. The van der Waals surface area contributed by atoms with Gasteiger partial charge in [-0.15, -0.1) is 0 Å². The Morgan fingerprint density at radius 3 is 2.59 bits per heavy atom. The van der Waals surface area contributed by atoms with Crippen molar-refractivity contribution in [2.45, 2.75) is 26.2 Å². The predicted octanol–water partition coefficient (Wildman–Crippen LogP) is 0.905. The van der Waals surface area contributed by atoms with Crippen LogP contribution in [0.2, 0.25) is 0 Å². The van der Waals surface area contributed by atoms with Crippen molar-refractivity contribution in [2.75, 3.05) is 5.84 Å². The van der Waals surface area contributed by atoms with Gasteiger partial charge in [0.15, 0.2) is 0 Å². The molecule has 0 aromatic carbocycles. The number of carbonyl (C=O) groups excluding carboxylic acids is 1. The van der Waals surface area contributed by atoms with E-state index < -0.39 is 0 Å². The van der Waals surface area contributed by atoms with E-state index in [0.717, 1.165) is 30.4 Å². The molecule has 0 atom stereocenters. The standard InChI is InChI=1S/C12H14N2O2.Y/c1-7(15)11-6-14(13)12(8(2)16)10-5-3-4-9(10)11;/h6H,1,3-5H2,2H3,(H2-,13,15,16);/p+1. The fourth-order valence-electron chi connectivity index (χ4n) is 2.38. The molecule has 0 unspecified atom stereocenters. The molecule has 0 saturated carbocycles. The van der Waals surface area contributed by atoms with E-state index in [2.05, 4.69) is 6.58 Å². The number of rotatable bonds is 2. The van der Waals surface area contributed by atoms with Gasteiger partial charge in [0.05, 0.1) is 5.56 Å². The van der Waals surface area contributed by atoms with E-state index >= 15 is 0 Å². The second-order valence-electron chi connectivity index (χ2n) is 4.11. The van der Waals surface area contributed by atoms with E-state index in [9.17, 15) is 9.90 Å². The van der Waals surface area contributed by atoms with Crippen molar-refractivity contribution >= 4 is 11.5 Å². The van der Waals surface area contributed by atoms with E-state index in [1.807, 2.05) is 0 Å². The number of carbonyl (C=O) groups is 1. The Labute approximate surface area is 125 Å². The van der Waals surface area contributed by atoms with Crippen molar-refractivity contribution in [1.82, 2.24) is 0 Å². The van der Waals surface area contributed by atoms with Gasteiger partial charge in [-0.2, -0.15) is 0 Å². The molecule has 1 aromatic heterocycles. The Morgan fingerprint density at radius 1 is 1.47 bits per heavy atom. The normalized spacial score (nSPS) is 12.8. The number of nitrogens with two attached hydrogens (primary N) is 1. The van der Waals surface area contributed by atoms with Crippen molar-refractivity contribution in [2.24, 2.45) is 0 Å². The molecule has 1 heterocycles. The summed E-state index contributed by atoms with van der Waals surface area (Å²) < 4.78 is 1.29. The van der Waals surface area contributed by atoms with Crippen LogP contribution < -0.4 is 10.5 Å². The third-order valence-electron chi connectivity index (χ3n) is 3.00. The molecule has 1 radical (unpaired) electrons. The average molecular weight is 308 g/mol. The van der Waals surface area contributed by atoms with Gasteiger partial charge in [-0.1, -0.05) is 11.3 Å². The average Bonchev–Trinajstić information content (AvgIpc) is 2.63. The third-order valence-corrected chi connectivity index (χ3v) is 3.00. The van der Waals surface area contributed by atoms with Crippen LogP contribution in [-0.2, 0) is 45.6 Å². The van der Waals surface area contributed by atoms with Crippen LogP contribution in [0.3, 0.4) is 0 Å². The Balaban J connectivity index is 0.00000144. The van der Waals surface area contributed by atoms with Crippen molar-refractivity contribution < 1.29 is 47.3 Å². The minimum atomic E-state index is -0.0456. The summed E-state index contributed by atoms with van der Waals surface area (Å²) in [6.45, 7) is 5.02. The molecule has 0 aliphatic heterocycles. The van der Waals surface area contributed by atoms with E-state index in [0.29, 0.717) is 11.3 Å². The van der Waals surface area contributed by atoms with Gasteiger partial charge in [0, 0.05) is 45.2 Å². The van der Waals surface area contributed by atoms with E-state index in [4.69, 9.17) is 5.84 Å². The number of ketones is 1. The molecule has 2 rings (SSSR count). The third kappa shape index (κ3) is 2.43. The van der Waals surface area contributed by atoms with E-state index in [1.54, 1.807) is 6.20 Å². The number of hydrogen-bond donors (Lipinski definition) is 2. The monoisotopic (exact) mass is 308 g/mol. The van der Waals surface area contributed by atoms with Crippen LogP contribution in [0.5, 0.6) is 0 Å². The Bertz CT molecular complexity index is 498. The quantitative estimate of drug-likeness (QED) is 0.369. The molecule has 4 nitrogen and oxygen atoms in total. The number of nitrogens with zero attached hydrogens (tertiary/aromatic N) is 1. The van der Waals surface area contributed by atoms with Gasteiger partial charge in [-0.05, 0) is 24.8 Å². The van der Waals surface area contributed by atoms with Gasteiger partial charge in [0.2, 0.25) is 12.0 Å². The first-order valence-electron chi connectivity index (χ1n) is 5.27. The SMILES string of the molecule is C=C(O)c1c[n+](N)c(C(C)=O)c2c1CCC2.[Y]. The van der Waals surface area contributed by atoms with Crippen LogP contribution in [-0.4, -0.2) is 10.9 Å². The number of Topliss-reactive ketones (excluding diaryl/α,β-unsaturated/α-hetero) is 1. The van der Waals surface area contributed by atoms with Gasteiger partial charge in [-0.25, -0.2) is 5.84 Å². The number of aliphatic hydroxyl groups is 1. The maximum absolute atomic E-state index is 11.5. The van der Waals surface area contributed by atoms with E-state index in [1.165, 1.54) is 11.6 Å². The smallest absolute Gasteiger partial charge is 0.280 e. The number of nitrogen functional groups attached to an aromatic ring is 1. The van der Waals surface area contributed by atoms with Gasteiger partial charge in [0.1, 0.15) is 5.76 Å². The fraction of sp³-hybridized carbons (Fsp3) is 0.333. The van der Waals surface area contributed by atoms with Crippen LogP contribution in [0.15, 0.2) is 12.8 Å². The fourth-order valence-corrected chi connectivity index (χ4v) is 2.38. The maximum Gasteiger partial charge on any atom is 0.280 e. The van der Waals surface area contributed by atoms with Crippen molar-refractivity contribution in [3.05, 3.63) is 35.2 Å². The van der Waals surface area contributed by atoms with Crippen molar-refractivity contribution in [3.8, 4) is 0 Å². The number of fused-ring (bicyclic) bond motifs is 1. The molecule has 1 aliphatic rings. The van der Waals surface area contributed by atoms with Crippen LogP contribution in [0.4, 0.5) is 0 Å². The summed E-state index contributed by atoms with van der Waals surface area (Å²) >= 11 is 0. The second kappa shape index (κ2) is 5.27. The number of aromatic nitrogens is 1. The van der Waals surface area contributed by atoms with Gasteiger partial charge in [-0.3, -0.25) is 4.79 Å². The number of pyridine rings is 1. The molecule has 0 amide bonds. The first-order chi connectivity index (χ1) is 7.52. The molecular formula is C12H15N2O2Y+. The van der Waals surface area contributed by atoms with Gasteiger partial charge in [0.25, 0.3) is 5.69 Å². The molecule has 17 heavy (non-hydrogen) atoms. The summed E-state index contributed by atoms with van der Waals surface area (Å²) in [6.07, 6.45) is 4.26. The molecule has 87 valence electrons. The summed E-state index contributed by atoms with van der Waals surface area (Å²) in [5.41, 5.74) is 3.17. The van der Waals surface area contributed by atoms with Crippen LogP contribution in [0, 0.1) is 0 Å². The number of hydrogen-bond acceptors (Lipinski definition) is 3. The maximum atomic E-state index is 11.5. The molecule has 1 aromatic rings. The summed E-state index contributed by atoms with van der Waals surface area (Å²) in [5, 5.41) is 9.49. The zero-order chi connectivity index (χ0) is 11.9. The number of aliphatic hydroxyl groups excluding tert-OH is 1. The predicted molar refractivity (Wildman–Crippen MR) is 60.5 cm³/mol. The van der Waals surface area contributed by atoms with Crippen LogP contribution in [0.1, 0.15) is 40.5 Å². The topological polar surface area (TPSA) is 67.2 Å². The first kappa shape index (κ1) is 14.3. The minimum absolute atomic E-state index is 0.